The van der Waals surface area contributed by atoms with E-state index in [9.17, 15) is 0 Å². The number of nitrogens with one attached hydrogen (secondary N) is 1. The van der Waals surface area contributed by atoms with Gasteiger partial charge in [-0.1, -0.05) is 20.8 Å². The molecule has 0 aliphatic carbocycles. The van der Waals surface area contributed by atoms with Gasteiger partial charge in [-0.3, -0.25) is 4.90 Å². The van der Waals surface area contributed by atoms with Gasteiger partial charge in [-0.2, -0.15) is 0 Å². The summed E-state index contributed by atoms with van der Waals surface area (Å²) in [5, 5.41) is 3.48. The highest BCUT2D eigenvalue weighted by Crippen LogP contribution is 2.21. The van der Waals surface area contributed by atoms with Gasteiger partial charge in [0.05, 0.1) is 0 Å². The van der Waals surface area contributed by atoms with Crippen molar-refractivity contribution in [2.24, 2.45) is 5.92 Å². The monoisotopic (exact) mass is 198 g/mol. The summed E-state index contributed by atoms with van der Waals surface area (Å²) in [6, 6.07) is 1.40. The molecule has 2 nitrogen and oxygen atoms in total. The molecule has 2 heteroatoms. The van der Waals surface area contributed by atoms with Crippen molar-refractivity contribution in [3.8, 4) is 0 Å². The molecule has 2 atom stereocenters. The summed E-state index contributed by atoms with van der Waals surface area (Å²) in [6.07, 6.45) is 2.76. The molecule has 0 aromatic rings. The maximum Gasteiger partial charge on any atom is 0.0110 e. The lowest BCUT2D eigenvalue weighted by Gasteiger charge is -2.36. The maximum atomic E-state index is 3.48. The summed E-state index contributed by atoms with van der Waals surface area (Å²) in [4.78, 5) is 2.62. The average molecular weight is 198 g/mol. The van der Waals surface area contributed by atoms with E-state index >= 15 is 0 Å². The third-order valence-electron chi connectivity index (χ3n) is 3.23. The van der Waals surface area contributed by atoms with Crippen molar-refractivity contribution >= 4 is 0 Å². The first-order chi connectivity index (χ1) is 6.59. The number of rotatable bonds is 4. The molecular weight excluding hydrogens is 172 g/mol. The van der Waals surface area contributed by atoms with Crippen LogP contribution in [-0.2, 0) is 0 Å². The van der Waals surface area contributed by atoms with Crippen molar-refractivity contribution in [2.45, 2.75) is 52.6 Å². The summed E-state index contributed by atoms with van der Waals surface area (Å²) in [5.41, 5.74) is 0. The van der Waals surface area contributed by atoms with Crippen LogP contribution < -0.4 is 5.32 Å². The average Bonchev–Trinajstić information content (AvgIpc) is 2.08. The predicted octanol–water partition coefficient (Wildman–Crippen LogP) is 2.10. The Morgan fingerprint density at radius 2 is 2.07 bits per heavy atom. The smallest absolute Gasteiger partial charge is 0.0110 e. The first-order valence-electron chi connectivity index (χ1n) is 6.07. The fraction of sp³-hybridized carbons (Fsp3) is 1.00. The molecule has 0 saturated carbocycles. The zero-order valence-electron chi connectivity index (χ0n) is 10.2. The molecule has 0 spiro atoms. The molecule has 0 aromatic carbocycles. The lowest BCUT2D eigenvalue weighted by Crippen LogP contribution is -2.44. The summed E-state index contributed by atoms with van der Waals surface area (Å²) in [6.45, 7) is 12.8. The highest BCUT2D eigenvalue weighted by molar-refractivity contribution is 4.77. The molecule has 0 bridgehead atoms. The lowest BCUT2D eigenvalue weighted by molar-refractivity contribution is 0.130. The number of likely N-dealkylation sites (tertiary alicyclic amines) is 1. The highest BCUT2D eigenvalue weighted by Gasteiger charge is 2.21. The largest absolute Gasteiger partial charge is 0.313 e. The van der Waals surface area contributed by atoms with Crippen molar-refractivity contribution in [3.05, 3.63) is 0 Å². The quantitative estimate of drug-likeness (QED) is 0.744. The van der Waals surface area contributed by atoms with Crippen molar-refractivity contribution in [2.75, 3.05) is 19.6 Å². The van der Waals surface area contributed by atoms with Gasteiger partial charge in [0.15, 0.2) is 0 Å². The van der Waals surface area contributed by atoms with Crippen LogP contribution >= 0.6 is 0 Å². The summed E-state index contributed by atoms with van der Waals surface area (Å²) in [7, 11) is 0. The topological polar surface area (TPSA) is 15.3 Å². The molecule has 1 N–H and O–H groups in total. The number of hydrogen-bond acceptors (Lipinski definition) is 2. The van der Waals surface area contributed by atoms with E-state index in [0.29, 0.717) is 6.04 Å². The van der Waals surface area contributed by atoms with E-state index in [1.807, 2.05) is 0 Å². The van der Waals surface area contributed by atoms with Crippen LogP contribution in [0.2, 0.25) is 0 Å². The SMILES string of the molecule is CC1CCN(CCNC(C)C)C(C)C1. The molecule has 1 rings (SSSR count). The Hall–Kier alpha value is -0.0800. The maximum absolute atomic E-state index is 3.48. The van der Waals surface area contributed by atoms with E-state index in [1.165, 1.54) is 25.9 Å². The minimum Gasteiger partial charge on any atom is -0.313 e. The second-order valence-electron chi connectivity index (χ2n) is 5.12. The second-order valence-corrected chi connectivity index (χ2v) is 5.12. The minimum absolute atomic E-state index is 0.619. The van der Waals surface area contributed by atoms with E-state index in [0.717, 1.165) is 18.5 Å². The molecule has 1 saturated heterocycles. The first-order valence-corrected chi connectivity index (χ1v) is 6.07. The molecule has 1 fully saturated rings. The zero-order chi connectivity index (χ0) is 10.6. The molecule has 84 valence electrons. The van der Waals surface area contributed by atoms with Crippen LogP contribution in [0.4, 0.5) is 0 Å². The third-order valence-corrected chi connectivity index (χ3v) is 3.23. The minimum atomic E-state index is 0.619. The molecule has 2 unspecified atom stereocenters. The van der Waals surface area contributed by atoms with Gasteiger partial charge in [0, 0.05) is 25.2 Å². The van der Waals surface area contributed by atoms with Crippen LogP contribution in [0.3, 0.4) is 0 Å². The van der Waals surface area contributed by atoms with E-state index in [1.54, 1.807) is 0 Å². The molecule has 1 aliphatic heterocycles. The Balaban J connectivity index is 2.17. The summed E-state index contributed by atoms with van der Waals surface area (Å²) in [5.74, 6) is 0.930. The predicted molar refractivity (Wildman–Crippen MR) is 62.6 cm³/mol. The molecule has 14 heavy (non-hydrogen) atoms. The van der Waals surface area contributed by atoms with Crippen LogP contribution in [-0.4, -0.2) is 36.6 Å². The Bertz CT molecular complexity index is 156. The summed E-state index contributed by atoms with van der Waals surface area (Å²) >= 11 is 0. The third kappa shape index (κ3) is 3.97. The zero-order valence-corrected chi connectivity index (χ0v) is 10.2. The normalized spacial score (nSPS) is 29.8. The van der Waals surface area contributed by atoms with E-state index in [4.69, 9.17) is 0 Å². The fourth-order valence-electron chi connectivity index (χ4n) is 2.28. The molecule has 1 heterocycles. The fourth-order valence-corrected chi connectivity index (χ4v) is 2.28. The number of hydrogen-bond donors (Lipinski definition) is 1. The van der Waals surface area contributed by atoms with Gasteiger partial charge in [0.2, 0.25) is 0 Å². The standard InChI is InChI=1S/C12H26N2/c1-10(2)13-6-8-14-7-5-11(3)9-12(14)4/h10-13H,5-9H2,1-4H3. The van der Waals surface area contributed by atoms with Crippen molar-refractivity contribution in [1.82, 2.24) is 10.2 Å². The van der Waals surface area contributed by atoms with E-state index < -0.39 is 0 Å². The van der Waals surface area contributed by atoms with Gasteiger partial charge in [-0.05, 0) is 32.2 Å². The molecule has 0 amide bonds. The molecule has 0 aromatic heterocycles. The van der Waals surface area contributed by atoms with Gasteiger partial charge in [0.25, 0.3) is 0 Å². The van der Waals surface area contributed by atoms with Crippen LogP contribution in [0.1, 0.15) is 40.5 Å². The van der Waals surface area contributed by atoms with Crippen molar-refractivity contribution < 1.29 is 0 Å². The lowest BCUT2D eigenvalue weighted by atomic mass is 9.93. The second kappa shape index (κ2) is 5.72. The van der Waals surface area contributed by atoms with Gasteiger partial charge in [0.1, 0.15) is 0 Å². The Kier molecular flexibility index (Phi) is 4.90. The van der Waals surface area contributed by atoms with Crippen molar-refractivity contribution in [3.63, 3.8) is 0 Å². The van der Waals surface area contributed by atoms with E-state index in [-0.39, 0.29) is 0 Å². The van der Waals surface area contributed by atoms with Gasteiger partial charge in [-0.15, -0.1) is 0 Å². The van der Waals surface area contributed by atoms with Gasteiger partial charge < -0.3 is 5.32 Å². The van der Waals surface area contributed by atoms with E-state index in [2.05, 4.69) is 37.9 Å². The van der Waals surface area contributed by atoms with Gasteiger partial charge >= 0.3 is 0 Å². The Morgan fingerprint density at radius 3 is 2.64 bits per heavy atom. The molecule has 0 radical (unpaired) electrons. The van der Waals surface area contributed by atoms with Crippen molar-refractivity contribution in [1.29, 1.82) is 0 Å². The highest BCUT2D eigenvalue weighted by atomic mass is 15.2. The Morgan fingerprint density at radius 1 is 1.36 bits per heavy atom. The summed E-state index contributed by atoms with van der Waals surface area (Å²) < 4.78 is 0. The Labute approximate surface area is 89.1 Å². The van der Waals surface area contributed by atoms with Gasteiger partial charge in [-0.25, -0.2) is 0 Å². The van der Waals surface area contributed by atoms with Crippen LogP contribution in [0, 0.1) is 5.92 Å². The van der Waals surface area contributed by atoms with Crippen LogP contribution in [0.15, 0.2) is 0 Å². The first kappa shape index (κ1) is 12.0. The number of nitrogens with zero attached hydrogens (tertiary/aromatic N) is 1. The molecular formula is C12H26N2. The number of piperidine rings is 1. The van der Waals surface area contributed by atoms with Crippen LogP contribution in [0.5, 0.6) is 0 Å². The van der Waals surface area contributed by atoms with Crippen LogP contribution in [0.25, 0.3) is 0 Å². The molecule has 1 aliphatic rings.